The van der Waals surface area contributed by atoms with Gasteiger partial charge in [0.2, 0.25) is 10.0 Å². The predicted molar refractivity (Wildman–Crippen MR) is 105 cm³/mol. The molecule has 0 aliphatic carbocycles. The van der Waals surface area contributed by atoms with E-state index in [9.17, 15) is 16.8 Å². The summed E-state index contributed by atoms with van der Waals surface area (Å²) < 4.78 is 51.4. The summed E-state index contributed by atoms with van der Waals surface area (Å²) in [4.78, 5) is 2.79. The molecule has 2 aromatic carbocycles. The van der Waals surface area contributed by atoms with Crippen molar-refractivity contribution in [2.75, 3.05) is 38.5 Å². The number of sulfonamides is 1. The van der Waals surface area contributed by atoms with E-state index in [0.29, 0.717) is 48.9 Å². The van der Waals surface area contributed by atoms with Gasteiger partial charge in [-0.25, -0.2) is 16.8 Å². The van der Waals surface area contributed by atoms with Crippen molar-refractivity contribution in [3.63, 3.8) is 0 Å². The molecule has 0 spiro atoms. The molecule has 1 aliphatic heterocycles. The van der Waals surface area contributed by atoms with E-state index < -0.39 is 19.9 Å². The van der Waals surface area contributed by atoms with Crippen molar-refractivity contribution < 1.29 is 16.8 Å². The summed E-state index contributed by atoms with van der Waals surface area (Å²) >= 11 is 0. The topological polar surface area (TPSA) is 74.8 Å². The standard InChI is InChI=1S/C19H24N2O4S2/c22-26(23,18-8-3-1-4-9-18)17-7-12-20-13-15-21(16-14-20)27(24,25)19-10-5-2-6-11-19/h1-6,8-11H,7,12-17H2. The lowest BCUT2D eigenvalue weighted by molar-refractivity contribution is 0.189. The second kappa shape index (κ2) is 8.52. The Morgan fingerprint density at radius 2 is 1.22 bits per heavy atom. The van der Waals surface area contributed by atoms with Gasteiger partial charge < -0.3 is 4.90 Å². The fourth-order valence-corrected chi connectivity index (χ4v) is 5.92. The van der Waals surface area contributed by atoms with Gasteiger partial charge in [0.1, 0.15) is 0 Å². The van der Waals surface area contributed by atoms with Gasteiger partial charge in [0, 0.05) is 26.2 Å². The lowest BCUT2D eigenvalue weighted by Crippen LogP contribution is -2.48. The molecule has 1 fully saturated rings. The molecule has 1 heterocycles. The van der Waals surface area contributed by atoms with Crippen LogP contribution in [0.1, 0.15) is 6.42 Å². The Balaban J connectivity index is 1.49. The monoisotopic (exact) mass is 408 g/mol. The fraction of sp³-hybridized carbons (Fsp3) is 0.368. The number of hydrogen-bond donors (Lipinski definition) is 0. The average molecular weight is 409 g/mol. The van der Waals surface area contributed by atoms with E-state index in [4.69, 9.17) is 0 Å². The van der Waals surface area contributed by atoms with Crippen LogP contribution >= 0.6 is 0 Å². The summed E-state index contributed by atoms with van der Waals surface area (Å²) in [6, 6.07) is 16.9. The summed E-state index contributed by atoms with van der Waals surface area (Å²) in [6.45, 7) is 2.70. The molecule has 0 saturated carbocycles. The van der Waals surface area contributed by atoms with E-state index in [-0.39, 0.29) is 5.75 Å². The molecule has 0 unspecified atom stereocenters. The first-order valence-corrected chi connectivity index (χ1v) is 12.0. The quantitative estimate of drug-likeness (QED) is 0.699. The van der Waals surface area contributed by atoms with Gasteiger partial charge in [0.25, 0.3) is 0 Å². The highest BCUT2D eigenvalue weighted by atomic mass is 32.2. The molecule has 0 radical (unpaired) electrons. The van der Waals surface area contributed by atoms with Gasteiger partial charge in [0.15, 0.2) is 9.84 Å². The maximum absolute atomic E-state index is 12.6. The van der Waals surface area contributed by atoms with Crippen LogP contribution in [-0.4, -0.2) is 64.5 Å². The highest BCUT2D eigenvalue weighted by Gasteiger charge is 2.28. The largest absolute Gasteiger partial charge is 0.301 e. The zero-order valence-electron chi connectivity index (χ0n) is 15.1. The van der Waals surface area contributed by atoms with Crippen LogP contribution in [0.5, 0.6) is 0 Å². The van der Waals surface area contributed by atoms with Gasteiger partial charge in [-0.3, -0.25) is 0 Å². The predicted octanol–water partition coefficient (Wildman–Crippen LogP) is 1.86. The Morgan fingerprint density at radius 3 is 1.78 bits per heavy atom. The summed E-state index contributed by atoms with van der Waals surface area (Å²) in [5.41, 5.74) is 0. The Kier molecular flexibility index (Phi) is 6.31. The van der Waals surface area contributed by atoms with Gasteiger partial charge in [-0.15, -0.1) is 0 Å². The van der Waals surface area contributed by atoms with E-state index >= 15 is 0 Å². The number of sulfone groups is 1. The van der Waals surface area contributed by atoms with Crippen molar-refractivity contribution in [3.8, 4) is 0 Å². The zero-order valence-corrected chi connectivity index (χ0v) is 16.7. The molecule has 8 heteroatoms. The molecule has 0 amide bonds. The van der Waals surface area contributed by atoms with Crippen molar-refractivity contribution in [3.05, 3.63) is 60.7 Å². The van der Waals surface area contributed by atoms with Crippen molar-refractivity contribution in [1.29, 1.82) is 0 Å². The number of nitrogens with zero attached hydrogens (tertiary/aromatic N) is 2. The zero-order chi connectivity index (χ0) is 19.3. The van der Waals surface area contributed by atoms with Crippen LogP contribution in [0.15, 0.2) is 70.5 Å². The highest BCUT2D eigenvalue weighted by molar-refractivity contribution is 7.91. The van der Waals surface area contributed by atoms with E-state index in [2.05, 4.69) is 4.90 Å². The molecular formula is C19H24N2O4S2. The number of piperazine rings is 1. The van der Waals surface area contributed by atoms with Crippen LogP contribution in [0.2, 0.25) is 0 Å². The first kappa shape index (κ1) is 20.0. The second-order valence-corrected chi connectivity index (χ2v) is 10.6. The van der Waals surface area contributed by atoms with E-state index in [1.807, 2.05) is 0 Å². The molecular weight excluding hydrogens is 384 g/mol. The normalized spacial score (nSPS) is 17.0. The molecule has 6 nitrogen and oxygen atoms in total. The minimum Gasteiger partial charge on any atom is -0.301 e. The van der Waals surface area contributed by atoms with Gasteiger partial charge in [-0.2, -0.15) is 4.31 Å². The summed E-state index contributed by atoms with van der Waals surface area (Å²) in [5, 5.41) is 0. The third kappa shape index (κ3) is 4.95. The van der Waals surface area contributed by atoms with Gasteiger partial charge in [-0.05, 0) is 37.2 Å². The maximum atomic E-state index is 12.6. The third-order valence-electron chi connectivity index (χ3n) is 4.70. The number of benzene rings is 2. The van der Waals surface area contributed by atoms with E-state index in [0.717, 1.165) is 0 Å². The van der Waals surface area contributed by atoms with Crippen LogP contribution in [0, 0.1) is 0 Å². The summed E-state index contributed by atoms with van der Waals surface area (Å²) in [6.07, 6.45) is 0.530. The fourth-order valence-electron chi connectivity index (χ4n) is 3.16. The SMILES string of the molecule is O=S(=O)(CCCN1CCN(S(=O)(=O)c2ccccc2)CC1)c1ccccc1. The van der Waals surface area contributed by atoms with Gasteiger partial charge in [-0.1, -0.05) is 36.4 Å². The molecule has 2 aromatic rings. The minimum atomic E-state index is -3.45. The molecule has 0 aromatic heterocycles. The molecule has 3 rings (SSSR count). The van der Waals surface area contributed by atoms with Crippen LogP contribution < -0.4 is 0 Å². The summed E-state index contributed by atoms with van der Waals surface area (Å²) in [7, 11) is -6.72. The number of rotatable bonds is 7. The molecule has 146 valence electrons. The van der Waals surface area contributed by atoms with E-state index in [1.54, 1.807) is 60.7 Å². The van der Waals surface area contributed by atoms with Crippen molar-refractivity contribution >= 4 is 19.9 Å². The molecule has 27 heavy (non-hydrogen) atoms. The van der Waals surface area contributed by atoms with Crippen molar-refractivity contribution in [1.82, 2.24) is 9.21 Å². The number of hydrogen-bond acceptors (Lipinski definition) is 5. The lowest BCUT2D eigenvalue weighted by atomic mass is 10.3. The first-order valence-electron chi connectivity index (χ1n) is 8.95. The molecule has 0 N–H and O–H groups in total. The molecule has 1 aliphatic rings. The summed E-state index contributed by atoms with van der Waals surface area (Å²) in [5.74, 6) is 0.0968. The lowest BCUT2D eigenvalue weighted by Gasteiger charge is -2.33. The smallest absolute Gasteiger partial charge is 0.243 e. The maximum Gasteiger partial charge on any atom is 0.243 e. The Labute approximate surface area is 161 Å². The molecule has 0 bridgehead atoms. The van der Waals surface area contributed by atoms with Crippen molar-refractivity contribution in [2.24, 2.45) is 0 Å². The minimum absolute atomic E-state index is 0.0968. The Hall–Kier alpha value is -1.74. The van der Waals surface area contributed by atoms with Gasteiger partial charge in [0.05, 0.1) is 15.5 Å². The third-order valence-corrected chi connectivity index (χ3v) is 8.43. The van der Waals surface area contributed by atoms with E-state index in [1.165, 1.54) is 4.31 Å². The van der Waals surface area contributed by atoms with Crippen LogP contribution in [-0.2, 0) is 19.9 Å². The highest BCUT2D eigenvalue weighted by Crippen LogP contribution is 2.17. The van der Waals surface area contributed by atoms with Crippen LogP contribution in [0.25, 0.3) is 0 Å². The molecule has 1 saturated heterocycles. The first-order chi connectivity index (χ1) is 12.9. The van der Waals surface area contributed by atoms with Crippen molar-refractivity contribution in [2.45, 2.75) is 16.2 Å². The Morgan fingerprint density at radius 1 is 0.704 bits per heavy atom. The molecule has 0 atom stereocenters. The van der Waals surface area contributed by atoms with Gasteiger partial charge >= 0.3 is 0 Å². The van der Waals surface area contributed by atoms with Crippen LogP contribution in [0.3, 0.4) is 0 Å². The Bertz CT molecular complexity index is 935. The second-order valence-electron chi connectivity index (χ2n) is 6.54. The van der Waals surface area contributed by atoms with Crippen LogP contribution in [0.4, 0.5) is 0 Å². The average Bonchev–Trinajstić information content (AvgIpc) is 2.70.